The Hall–Kier alpha value is -3.21. The van der Waals surface area contributed by atoms with E-state index in [1.165, 1.54) is 0 Å². The highest BCUT2D eigenvalue weighted by atomic mass is 16.1. The molecule has 2 N–H and O–H groups in total. The van der Waals surface area contributed by atoms with Gasteiger partial charge in [-0.15, -0.1) is 10.2 Å². The maximum atomic E-state index is 12.1. The van der Waals surface area contributed by atoms with Crippen molar-refractivity contribution in [2.24, 2.45) is 0 Å². The summed E-state index contributed by atoms with van der Waals surface area (Å²) in [6.45, 7) is 4.09. The molecule has 0 spiro atoms. The first kappa shape index (κ1) is 16.6. The highest BCUT2D eigenvalue weighted by Crippen LogP contribution is 2.23. The first-order chi connectivity index (χ1) is 12.1. The van der Waals surface area contributed by atoms with E-state index >= 15 is 0 Å². The van der Waals surface area contributed by atoms with E-state index in [1.807, 2.05) is 62.4 Å². The van der Waals surface area contributed by atoms with Gasteiger partial charge in [-0.3, -0.25) is 4.79 Å². The van der Waals surface area contributed by atoms with Gasteiger partial charge < -0.3 is 10.6 Å². The van der Waals surface area contributed by atoms with Crippen LogP contribution in [0, 0.1) is 13.8 Å². The van der Waals surface area contributed by atoms with Crippen molar-refractivity contribution in [3.63, 3.8) is 0 Å². The minimum Gasteiger partial charge on any atom is -0.338 e. The van der Waals surface area contributed by atoms with Crippen molar-refractivity contribution in [3.05, 3.63) is 77.4 Å². The van der Waals surface area contributed by atoms with Gasteiger partial charge in [-0.2, -0.15) is 0 Å². The largest absolute Gasteiger partial charge is 0.338 e. The van der Waals surface area contributed by atoms with Crippen LogP contribution in [-0.2, 0) is 11.2 Å². The molecule has 1 aromatic heterocycles. The molecular formula is C20H20N4O. The zero-order chi connectivity index (χ0) is 17.6. The number of aryl methyl sites for hydroxylation is 2. The second kappa shape index (κ2) is 7.57. The standard InChI is InChI=1S/C20H20N4O/c1-14-7-6-8-15(2)20(14)22-18-12-11-17(23-24-18)21-19(25)13-16-9-4-3-5-10-16/h3-12H,13H2,1-2H3,(H,22,24)(H,21,23,25). The summed E-state index contributed by atoms with van der Waals surface area (Å²) in [5.41, 5.74) is 4.27. The van der Waals surface area contributed by atoms with Crippen LogP contribution in [0.2, 0.25) is 0 Å². The van der Waals surface area contributed by atoms with E-state index in [1.54, 1.807) is 12.1 Å². The molecule has 3 aromatic rings. The minimum absolute atomic E-state index is 0.115. The second-order valence-electron chi connectivity index (χ2n) is 5.91. The van der Waals surface area contributed by atoms with Crippen molar-refractivity contribution in [1.29, 1.82) is 0 Å². The third-order valence-electron chi connectivity index (χ3n) is 3.87. The maximum absolute atomic E-state index is 12.1. The molecule has 0 fully saturated rings. The Kier molecular flexibility index (Phi) is 5.04. The van der Waals surface area contributed by atoms with Gasteiger partial charge >= 0.3 is 0 Å². The number of nitrogens with zero attached hydrogens (tertiary/aromatic N) is 2. The van der Waals surface area contributed by atoms with Crippen molar-refractivity contribution in [2.75, 3.05) is 10.6 Å². The maximum Gasteiger partial charge on any atom is 0.229 e. The van der Waals surface area contributed by atoms with Crippen LogP contribution in [0.1, 0.15) is 16.7 Å². The van der Waals surface area contributed by atoms with Gasteiger partial charge in [-0.25, -0.2) is 0 Å². The number of anilines is 3. The van der Waals surface area contributed by atoms with Gasteiger partial charge in [0.2, 0.25) is 5.91 Å². The Morgan fingerprint density at radius 1 is 0.840 bits per heavy atom. The van der Waals surface area contributed by atoms with Crippen LogP contribution < -0.4 is 10.6 Å². The molecule has 0 saturated heterocycles. The zero-order valence-corrected chi connectivity index (χ0v) is 14.3. The Morgan fingerprint density at radius 2 is 1.48 bits per heavy atom. The van der Waals surface area contributed by atoms with Crippen LogP contribution in [0.4, 0.5) is 17.3 Å². The Labute approximate surface area is 147 Å². The van der Waals surface area contributed by atoms with E-state index in [4.69, 9.17) is 0 Å². The third kappa shape index (κ3) is 4.41. The summed E-state index contributed by atoms with van der Waals surface area (Å²) in [5.74, 6) is 0.961. The lowest BCUT2D eigenvalue weighted by Crippen LogP contribution is -2.15. The summed E-state index contributed by atoms with van der Waals surface area (Å²) in [6, 6.07) is 19.2. The summed E-state index contributed by atoms with van der Waals surface area (Å²) < 4.78 is 0. The zero-order valence-electron chi connectivity index (χ0n) is 14.3. The molecule has 1 amide bonds. The number of carbonyl (C=O) groups is 1. The van der Waals surface area contributed by atoms with Gasteiger partial charge in [0, 0.05) is 5.69 Å². The van der Waals surface area contributed by atoms with Gasteiger partial charge in [0.05, 0.1) is 6.42 Å². The van der Waals surface area contributed by atoms with E-state index in [-0.39, 0.29) is 5.91 Å². The number of para-hydroxylation sites is 1. The van der Waals surface area contributed by atoms with E-state index in [9.17, 15) is 4.79 Å². The normalized spacial score (nSPS) is 10.3. The van der Waals surface area contributed by atoms with Crippen molar-refractivity contribution in [1.82, 2.24) is 10.2 Å². The Balaban J connectivity index is 1.63. The molecule has 5 nitrogen and oxygen atoms in total. The van der Waals surface area contributed by atoms with Crippen molar-refractivity contribution < 1.29 is 4.79 Å². The summed E-state index contributed by atoms with van der Waals surface area (Å²) in [7, 11) is 0. The van der Waals surface area contributed by atoms with Gasteiger partial charge in [0.1, 0.15) is 0 Å². The smallest absolute Gasteiger partial charge is 0.229 e. The number of carbonyl (C=O) groups excluding carboxylic acids is 1. The molecule has 0 aliphatic heterocycles. The first-order valence-corrected chi connectivity index (χ1v) is 8.12. The SMILES string of the molecule is Cc1cccc(C)c1Nc1ccc(NC(=O)Cc2ccccc2)nn1. The molecule has 25 heavy (non-hydrogen) atoms. The summed E-state index contributed by atoms with van der Waals surface area (Å²) >= 11 is 0. The lowest BCUT2D eigenvalue weighted by molar-refractivity contribution is -0.115. The molecule has 0 saturated carbocycles. The van der Waals surface area contributed by atoms with Crippen LogP contribution in [0.5, 0.6) is 0 Å². The summed E-state index contributed by atoms with van der Waals surface area (Å²) in [4.78, 5) is 12.1. The van der Waals surface area contributed by atoms with Crippen molar-refractivity contribution in [2.45, 2.75) is 20.3 Å². The van der Waals surface area contributed by atoms with E-state index in [2.05, 4.69) is 20.8 Å². The molecule has 5 heteroatoms. The molecule has 0 radical (unpaired) electrons. The van der Waals surface area contributed by atoms with Crippen LogP contribution >= 0.6 is 0 Å². The number of hydrogen-bond acceptors (Lipinski definition) is 4. The predicted octanol–water partition coefficient (Wildman–Crippen LogP) is 4.02. The van der Waals surface area contributed by atoms with Gasteiger partial charge in [0.25, 0.3) is 0 Å². The topological polar surface area (TPSA) is 66.9 Å². The van der Waals surface area contributed by atoms with Crippen LogP contribution in [0.25, 0.3) is 0 Å². The van der Waals surface area contributed by atoms with Crippen molar-refractivity contribution in [3.8, 4) is 0 Å². The van der Waals surface area contributed by atoms with E-state index < -0.39 is 0 Å². The lowest BCUT2D eigenvalue weighted by Gasteiger charge is -2.11. The predicted molar refractivity (Wildman–Crippen MR) is 100 cm³/mol. The molecule has 0 aliphatic carbocycles. The number of hydrogen-bond donors (Lipinski definition) is 2. The number of nitrogens with one attached hydrogen (secondary N) is 2. The summed E-state index contributed by atoms with van der Waals surface area (Å²) in [6.07, 6.45) is 0.310. The summed E-state index contributed by atoms with van der Waals surface area (Å²) in [5, 5.41) is 14.3. The second-order valence-corrected chi connectivity index (χ2v) is 5.91. The number of amides is 1. The Bertz CT molecular complexity index is 840. The van der Waals surface area contributed by atoms with E-state index in [0.29, 0.717) is 18.1 Å². The van der Waals surface area contributed by atoms with Crippen LogP contribution in [0.15, 0.2) is 60.7 Å². The first-order valence-electron chi connectivity index (χ1n) is 8.12. The molecule has 0 unspecified atom stereocenters. The fourth-order valence-corrected chi connectivity index (χ4v) is 2.57. The molecule has 0 aliphatic rings. The van der Waals surface area contributed by atoms with Gasteiger partial charge in [-0.05, 0) is 42.7 Å². The average molecular weight is 332 g/mol. The number of aromatic nitrogens is 2. The molecule has 1 heterocycles. The highest BCUT2D eigenvalue weighted by molar-refractivity contribution is 5.91. The Morgan fingerprint density at radius 3 is 2.12 bits per heavy atom. The van der Waals surface area contributed by atoms with Gasteiger partial charge in [0.15, 0.2) is 11.6 Å². The monoisotopic (exact) mass is 332 g/mol. The molecule has 3 rings (SSSR count). The minimum atomic E-state index is -0.115. The average Bonchev–Trinajstić information content (AvgIpc) is 2.60. The lowest BCUT2D eigenvalue weighted by atomic mass is 10.1. The molecule has 0 atom stereocenters. The quantitative estimate of drug-likeness (QED) is 0.740. The molecular weight excluding hydrogens is 312 g/mol. The van der Waals surface area contributed by atoms with Crippen LogP contribution in [-0.4, -0.2) is 16.1 Å². The third-order valence-corrected chi connectivity index (χ3v) is 3.87. The number of rotatable bonds is 5. The van der Waals surface area contributed by atoms with Gasteiger partial charge in [-0.1, -0.05) is 48.5 Å². The van der Waals surface area contributed by atoms with Crippen molar-refractivity contribution >= 4 is 23.2 Å². The fraction of sp³-hybridized carbons (Fsp3) is 0.150. The number of benzene rings is 2. The van der Waals surface area contributed by atoms with E-state index in [0.717, 1.165) is 22.4 Å². The molecule has 126 valence electrons. The van der Waals surface area contributed by atoms with Crippen LogP contribution in [0.3, 0.4) is 0 Å². The fourth-order valence-electron chi connectivity index (χ4n) is 2.57. The highest BCUT2D eigenvalue weighted by Gasteiger charge is 2.07. The molecule has 2 aromatic carbocycles. The molecule has 0 bridgehead atoms.